The lowest BCUT2D eigenvalue weighted by molar-refractivity contribution is 0.262. The number of thioether (sulfide) groups is 1. The molecule has 8 heteroatoms. The van der Waals surface area contributed by atoms with Crippen molar-refractivity contribution < 1.29 is 4.79 Å². The highest BCUT2D eigenvalue weighted by Crippen LogP contribution is 2.36. The molecule has 2 heterocycles. The van der Waals surface area contributed by atoms with Gasteiger partial charge in [0.05, 0.1) is 5.52 Å². The number of carbonyl (C=O) groups is 1. The van der Waals surface area contributed by atoms with Crippen LogP contribution >= 0.6 is 11.8 Å². The van der Waals surface area contributed by atoms with E-state index in [1.54, 1.807) is 11.8 Å². The first-order valence-corrected chi connectivity index (χ1v) is 11.3. The van der Waals surface area contributed by atoms with Gasteiger partial charge in [0, 0.05) is 27.7 Å². The summed E-state index contributed by atoms with van der Waals surface area (Å²) >= 11 is 1.66. The highest BCUT2D eigenvalue weighted by Gasteiger charge is 2.25. The topological polar surface area (TPSA) is 97.9 Å². The number of fused-ring (bicyclic) bond motifs is 3. The van der Waals surface area contributed by atoms with Gasteiger partial charge in [-0.25, -0.2) is 14.8 Å². The van der Waals surface area contributed by atoms with Gasteiger partial charge in [-0.05, 0) is 79.6 Å². The summed E-state index contributed by atoms with van der Waals surface area (Å²) in [6.07, 6.45) is 6.66. The summed E-state index contributed by atoms with van der Waals surface area (Å²) in [6, 6.07) is 15.2. The van der Waals surface area contributed by atoms with E-state index in [1.807, 2.05) is 54.8 Å². The summed E-state index contributed by atoms with van der Waals surface area (Å²) in [5.74, 6) is 0.480. The molecule has 4 N–H and O–H groups in total. The molecule has 0 saturated heterocycles. The maximum Gasteiger partial charge on any atom is 0.323 e. The number of hydrogen-bond acceptors (Lipinski definition) is 5. The van der Waals surface area contributed by atoms with Crippen molar-refractivity contribution in [2.24, 2.45) is 0 Å². The van der Waals surface area contributed by atoms with Gasteiger partial charge in [0.2, 0.25) is 0 Å². The first kappa shape index (κ1) is 19.4. The largest absolute Gasteiger partial charge is 0.382 e. The van der Waals surface area contributed by atoms with E-state index in [2.05, 4.69) is 25.2 Å². The molecule has 0 bridgehead atoms. The molecule has 0 unspecified atom stereocenters. The fraction of sp³-hybridized carbons (Fsp3) is 0.174. The van der Waals surface area contributed by atoms with Gasteiger partial charge in [0.1, 0.15) is 11.8 Å². The Morgan fingerprint density at radius 3 is 2.35 bits per heavy atom. The Morgan fingerprint density at radius 2 is 1.68 bits per heavy atom. The predicted molar refractivity (Wildman–Crippen MR) is 126 cm³/mol. The smallest absolute Gasteiger partial charge is 0.323 e. The summed E-state index contributed by atoms with van der Waals surface area (Å²) in [7, 11) is 0. The Bertz CT molecular complexity index is 1260. The van der Waals surface area contributed by atoms with Crippen LogP contribution in [0, 0.1) is 0 Å². The molecule has 0 aliphatic heterocycles. The number of amides is 2. The fourth-order valence-electron chi connectivity index (χ4n) is 4.14. The van der Waals surface area contributed by atoms with Gasteiger partial charge in [-0.1, -0.05) is 0 Å². The van der Waals surface area contributed by atoms with Crippen LogP contribution in [0.3, 0.4) is 0 Å². The van der Waals surface area contributed by atoms with E-state index in [9.17, 15) is 4.79 Å². The van der Waals surface area contributed by atoms with E-state index in [1.165, 1.54) is 17.6 Å². The summed E-state index contributed by atoms with van der Waals surface area (Å²) in [5, 5.41) is 5.73. The second-order valence-corrected chi connectivity index (χ2v) is 8.30. The van der Waals surface area contributed by atoms with Crippen LogP contribution in [0.1, 0.15) is 17.7 Å². The van der Waals surface area contributed by atoms with Gasteiger partial charge in [-0.2, -0.15) is 0 Å². The first-order chi connectivity index (χ1) is 15.1. The number of nitrogens with zero attached hydrogens (tertiary/aromatic N) is 3. The minimum absolute atomic E-state index is 0.283. The molecule has 156 valence electrons. The molecule has 0 atom stereocenters. The minimum atomic E-state index is -0.283. The lowest BCUT2D eigenvalue weighted by atomic mass is 10.2. The van der Waals surface area contributed by atoms with Crippen molar-refractivity contribution in [2.45, 2.75) is 24.2 Å². The number of urea groups is 1. The number of anilines is 3. The van der Waals surface area contributed by atoms with E-state index in [0.29, 0.717) is 11.5 Å². The standard InChI is InChI=1S/C23H22N6OS/c1-31-17-11-7-15(8-12-17)28-23(30)27-14-5-9-16(10-6-14)29-19-4-2-3-18(19)20-21(29)22(24)26-13-25-20/h5-13H,2-4H2,1H3,(H2,24,25,26)(H2,27,28,30). The second-order valence-electron chi connectivity index (χ2n) is 7.42. The van der Waals surface area contributed by atoms with Crippen molar-refractivity contribution in [1.82, 2.24) is 14.5 Å². The minimum Gasteiger partial charge on any atom is -0.382 e. The highest BCUT2D eigenvalue weighted by molar-refractivity contribution is 7.98. The molecule has 2 aromatic heterocycles. The molecule has 0 saturated carbocycles. The lowest BCUT2D eigenvalue weighted by Gasteiger charge is -2.12. The van der Waals surface area contributed by atoms with Crippen LogP contribution in [0.5, 0.6) is 0 Å². The zero-order valence-corrected chi connectivity index (χ0v) is 17.9. The third-order valence-corrected chi connectivity index (χ3v) is 6.29. The van der Waals surface area contributed by atoms with Gasteiger partial charge < -0.3 is 20.9 Å². The fourth-order valence-corrected chi connectivity index (χ4v) is 4.55. The molecule has 7 nitrogen and oxygen atoms in total. The summed E-state index contributed by atoms with van der Waals surface area (Å²) < 4.78 is 2.16. The van der Waals surface area contributed by atoms with Crippen molar-refractivity contribution in [2.75, 3.05) is 22.6 Å². The number of nitrogens with two attached hydrogens (primary N) is 1. The van der Waals surface area contributed by atoms with Gasteiger partial charge in [0.25, 0.3) is 0 Å². The average molecular weight is 431 g/mol. The molecule has 0 spiro atoms. The van der Waals surface area contributed by atoms with Gasteiger partial charge in [-0.3, -0.25) is 0 Å². The third kappa shape index (κ3) is 3.59. The van der Waals surface area contributed by atoms with Crippen molar-refractivity contribution in [1.29, 1.82) is 0 Å². The number of aromatic nitrogens is 3. The van der Waals surface area contributed by atoms with Crippen LogP contribution in [0.2, 0.25) is 0 Å². The van der Waals surface area contributed by atoms with E-state index < -0.39 is 0 Å². The van der Waals surface area contributed by atoms with Crippen LogP contribution in [0.4, 0.5) is 22.0 Å². The number of nitrogen functional groups attached to an aromatic ring is 1. The summed E-state index contributed by atoms with van der Waals surface area (Å²) in [4.78, 5) is 22.2. The normalized spacial score (nSPS) is 12.7. The Balaban J connectivity index is 1.38. The van der Waals surface area contributed by atoms with Crippen LogP contribution in [0.15, 0.2) is 59.8 Å². The maximum atomic E-state index is 12.4. The number of benzene rings is 2. The van der Waals surface area contributed by atoms with E-state index >= 15 is 0 Å². The van der Waals surface area contributed by atoms with Crippen molar-refractivity contribution in [3.05, 3.63) is 66.1 Å². The highest BCUT2D eigenvalue weighted by atomic mass is 32.2. The van der Waals surface area contributed by atoms with E-state index in [0.717, 1.165) is 46.6 Å². The van der Waals surface area contributed by atoms with E-state index in [4.69, 9.17) is 5.73 Å². The van der Waals surface area contributed by atoms with Gasteiger partial charge >= 0.3 is 6.03 Å². The number of nitrogens with one attached hydrogen (secondary N) is 2. The number of aryl methyl sites for hydroxylation is 1. The molecular formula is C23H22N6OS. The number of hydrogen-bond donors (Lipinski definition) is 3. The van der Waals surface area contributed by atoms with Crippen LogP contribution in [0.25, 0.3) is 16.7 Å². The zero-order chi connectivity index (χ0) is 21.4. The molecular weight excluding hydrogens is 408 g/mol. The Kier molecular flexibility index (Phi) is 4.99. The van der Waals surface area contributed by atoms with Crippen molar-refractivity contribution >= 4 is 46.0 Å². The van der Waals surface area contributed by atoms with Crippen molar-refractivity contribution in [3.8, 4) is 5.69 Å². The second kappa shape index (κ2) is 7.96. The molecule has 0 fully saturated rings. The third-order valence-electron chi connectivity index (χ3n) is 5.55. The van der Waals surface area contributed by atoms with Crippen LogP contribution in [-0.2, 0) is 12.8 Å². The maximum absolute atomic E-state index is 12.4. The van der Waals surface area contributed by atoms with E-state index in [-0.39, 0.29) is 6.03 Å². The lowest BCUT2D eigenvalue weighted by Crippen LogP contribution is -2.19. The molecule has 1 aliphatic rings. The first-order valence-electron chi connectivity index (χ1n) is 10.1. The predicted octanol–water partition coefficient (Wildman–Crippen LogP) is 4.86. The molecule has 2 aromatic carbocycles. The quantitative estimate of drug-likeness (QED) is 0.402. The Hall–Kier alpha value is -3.52. The molecule has 5 rings (SSSR count). The van der Waals surface area contributed by atoms with Gasteiger partial charge in [-0.15, -0.1) is 11.8 Å². The molecule has 0 radical (unpaired) electrons. The zero-order valence-electron chi connectivity index (χ0n) is 17.1. The SMILES string of the molecule is CSc1ccc(NC(=O)Nc2ccc(-n3c4c(c5ncnc(N)c53)CCC4)cc2)cc1. The average Bonchev–Trinajstić information content (AvgIpc) is 3.37. The van der Waals surface area contributed by atoms with Crippen LogP contribution in [-0.4, -0.2) is 26.8 Å². The monoisotopic (exact) mass is 430 g/mol. The summed E-state index contributed by atoms with van der Waals surface area (Å²) in [5.41, 5.74) is 12.9. The van der Waals surface area contributed by atoms with Crippen molar-refractivity contribution in [3.63, 3.8) is 0 Å². The molecule has 4 aromatic rings. The van der Waals surface area contributed by atoms with Crippen LogP contribution < -0.4 is 16.4 Å². The summed E-state index contributed by atoms with van der Waals surface area (Å²) in [6.45, 7) is 0. The number of carbonyl (C=O) groups excluding carboxylic acids is 1. The molecule has 1 aliphatic carbocycles. The van der Waals surface area contributed by atoms with Gasteiger partial charge in [0.15, 0.2) is 5.82 Å². The molecule has 2 amide bonds. The Morgan fingerprint density at radius 1 is 1.00 bits per heavy atom. The molecule has 31 heavy (non-hydrogen) atoms. The Labute approximate surface area is 184 Å². The number of rotatable bonds is 4.